The Morgan fingerprint density at radius 2 is 1.94 bits per heavy atom. The number of rotatable bonds is 10. The van der Waals surface area contributed by atoms with E-state index in [2.05, 4.69) is 13.0 Å². The van der Waals surface area contributed by atoms with Gasteiger partial charge in [0.25, 0.3) is 0 Å². The molecule has 102 valence electrons. The van der Waals surface area contributed by atoms with Gasteiger partial charge in [-0.1, -0.05) is 26.2 Å². The molecular formula is C15H26NO2+. The van der Waals surface area contributed by atoms with Gasteiger partial charge in [0.2, 0.25) is 12.4 Å². The van der Waals surface area contributed by atoms with Crippen LogP contribution in [0.3, 0.4) is 0 Å². The lowest BCUT2D eigenvalue weighted by Crippen LogP contribution is -2.42. The minimum atomic E-state index is 0.650. The van der Waals surface area contributed by atoms with Crippen LogP contribution in [0.5, 0.6) is 0 Å². The van der Waals surface area contributed by atoms with Gasteiger partial charge in [-0.15, -0.1) is 0 Å². The summed E-state index contributed by atoms with van der Waals surface area (Å²) in [5.74, 6) is 0. The molecule has 0 radical (unpaired) electrons. The Kier molecular flexibility index (Phi) is 8.23. The number of aromatic nitrogens is 1. The van der Waals surface area contributed by atoms with Crippen molar-refractivity contribution in [2.24, 2.45) is 0 Å². The summed E-state index contributed by atoms with van der Waals surface area (Å²) in [5.41, 5.74) is 1.14. The zero-order chi connectivity index (χ0) is 13.1. The predicted octanol–water partition coefficient (Wildman–Crippen LogP) is 2.91. The average molecular weight is 252 g/mol. The van der Waals surface area contributed by atoms with Gasteiger partial charge in [-0.3, -0.25) is 4.84 Å². The summed E-state index contributed by atoms with van der Waals surface area (Å²) in [6.45, 7) is 6.41. The molecule has 0 aromatic carbocycles. The predicted molar refractivity (Wildman–Crippen MR) is 72.2 cm³/mol. The zero-order valence-electron chi connectivity index (χ0n) is 11.7. The third-order valence-electron chi connectivity index (χ3n) is 2.80. The Bertz CT molecular complexity index is 315. The van der Waals surface area contributed by atoms with Crippen LogP contribution in [-0.2, 0) is 11.3 Å². The Morgan fingerprint density at radius 1 is 1.11 bits per heavy atom. The number of hydrogen-bond acceptors (Lipinski definition) is 2. The summed E-state index contributed by atoms with van der Waals surface area (Å²) in [4.78, 5) is 5.67. The van der Waals surface area contributed by atoms with Crippen molar-refractivity contribution in [3.05, 3.63) is 30.1 Å². The van der Waals surface area contributed by atoms with E-state index in [1.54, 1.807) is 4.73 Å². The third kappa shape index (κ3) is 6.60. The van der Waals surface area contributed by atoms with Crippen molar-refractivity contribution in [3.8, 4) is 0 Å². The maximum atomic E-state index is 5.67. The molecule has 1 aromatic rings. The van der Waals surface area contributed by atoms with Gasteiger partial charge in [0, 0.05) is 23.0 Å². The second kappa shape index (κ2) is 9.89. The molecule has 0 bridgehead atoms. The molecule has 0 aliphatic heterocycles. The summed E-state index contributed by atoms with van der Waals surface area (Å²) in [6, 6.07) is 4.04. The highest BCUT2D eigenvalue weighted by molar-refractivity contribution is 5.03. The van der Waals surface area contributed by atoms with Crippen molar-refractivity contribution in [2.75, 3.05) is 13.2 Å². The topological polar surface area (TPSA) is 22.3 Å². The SMILES string of the molecule is CCCCCCCO[n+]1cccc(COCC)c1. The van der Waals surface area contributed by atoms with Gasteiger partial charge in [-0.25, -0.2) is 0 Å². The van der Waals surface area contributed by atoms with Crippen LogP contribution in [0.2, 0.25) is 0 Å². The molecule has 0 atom stereocenters. The van der Waals surface area contributed by atoms with E-state index in [1.165, 1.54) is 25.7 Å². The first kappa shape index (κ1) is 15.0. The first-order valence-corrected chi connectivity index (χ1v) is 7.08. The molecule has 0 saturated carbocycles. The molecule has 0 saturated heterocycles. The number of pyridine rings is 1. The van der Waals surface area contributed by atoms with Gasteiger partial charge in [0.1, 0.15) is 0 Å². The minimum absolute atomic E-state index is 0.650. The highest BCUT2D eigenvalue weighted by atomic mass is 16.7. The first-order valence-electron chi connectivity index (χ1n) is 7.08. The smallest absolute Gasteiger partial charge is 0.227 e. The Morgan fingerprint density at radius 3 is 2.72 bits per heavy atom. The molecule has 1 rings (SSSR count). The van der Waals surface area contributed by atoms with E-state index in [-0.39, 0.29) is 0 Å². The quantitative estimate of drug-likeness (QED) is 0.472. The van der Waals surface area contributed by atoms with E-state index >= 15 is 0 Å². The summed E-state index contributed by atoms with van der Waals surface area (Å²) in [7, 11) is 0. The van der Waals surface area contributed by atoms with Crippen molar-refractivity contribution in [3.63, 3.8) is 0 Å². The second-order valence-corrected chi connectivity index (χ2v) is 4.46. The fourth-order valence-corrected chi connectivity index (χ4v) is 1.76. The fraction of sp³-hybridized carbons (Fsp3) is 0.667. The van der Waals surface area contributed by atoms with Crippen LogP contribution in [0.15, 0.2) is 24.5 Å². The lowest BCUT2D eigenvalue weighted by molar-refractivity contribution is -0.891. The molecule has 18 heavy (non-hydrogen) atoms. The number of ether oxygens (including phenoxy) is 1. The molecule has 0 fully saturated rings. The Balaban J connectivity index is 2.20. The molecule has 0 amide bonds. The monoisotopic (exact) mass is 252 g/mol. The molecule has 0 aliphatic carbocycles. The van der Waals surface area contributed by atoms with Crippen LogP contribution >= 0.6 is 0 Å². The third-order valence-corrected chi connectivity index (χ3v) is 2.80. The molecule has 0 N–H and O–H groups in total. The maximum Gasteiger partial charge on any atom is 0.227 e. The summed E-state index contributed by atoms with van der Waals surface area (Å²) in [5, 5.41) is 0. The number of unbranched alkanes of at least 4 members (excludes halogenated alkanes) is 4. The van der Waals surface area contributed by atoms with Gasteiger partial charge < -0.3 is 4.74 Å². The van der Waals surface area contributed by atoms with E-state index in [4.69, 9.17) is 9.57 Å². The number of hydrogen-bond donors (Lipinski definition) is 0. The van der Waals surface area contributed by atoms with E-state index in [1.807, 2.05) is 25.4 Å². The Labute approximate surface area is 111 Å². The van der Waals surface area contributed by atoms with Crippen LogP contribution in [0.1, 0.15) is 51.5 Å². The Hall–Kier alpha value is -1.09. The fourth-order valence-electron chi connectivity index (χ4n) is 1.76. The van der Waals surface area contributed by atoms with Crippen LogP contribution in [0.25, 0.3) is 0 Å². The summed E-state index contributed by atoms with van der Waals surface area (Å²) >= 11 is 0. The normalized spacial score (nSPS) is 10.6. The second-order valence-electron chi connectivity index (χ2n) is 4.46. The van der Waals surface area contributed by atoms with Crippen molar-refractivity contribution < 1.29 is 14.3 Å². The highest BCUT2D eigenvalue weighted by Crippen LogP contribution is 2.01. The van der Waals surface area contributed by atoms with Crippen LogP contribution in [0, 0.1) is 0 Å². The van der Waals surface area contributed by atoms with Crippen molar-refractivity contribution in [1.29, 1.82) is 0 Å². The van der Waals surface area contributed by atoms with Gasteiger partial charge in [0.05, 0.1) is 6.61 Å². The largest absolute Gasteiger partial charge is 0.377 e. The molecular weight excluding hydrogens is 226 g/mol. The van der Waals surface area contributed by atoms with Crippen molar-refractivity contribution in [2.45, 2.75) is 52.6 Å². The standard InChI is InChI=1S/C15H26NO2/c1-3-5-6-7-8-12-18-16-11-9-10-15(13-16)14-17-4-2/h9-11,13H,3-8,12,14H2,1-2H3/q+1. The van der Waals surface area contributed by atoms with E-state index in [9.17, 15) is 0 Å². The van der Waals surface area contributed by atoms with E-state index in [0.717, 1.165) is 25.2 Å². The molecule has 0 unspecified atom stereocenters. The van der Waals surface area contributed by atoms with Gasteiger partial charge in [-0.2, -0.15) is 0 Å². The minimum Gasteiger partial charge on any atom is -0.377 e. The lowest BCUT2D eigenvalue weighted by Gasteiger charge is -2.01. The molecule has 0 aliphatic rings. The average Bonchev–Trinajstić information content (AvgIpc) is 2.41. The van der Waals surface area contributed by atoms with Crippen molar-refractivity contribution in [1.82, 2.24) is 0 Å². The highest BCUT2D eigenvalue weighted by Gasteiger charge is 2.03. The van der Waals surface area contributed by atoms with E-state index in [0.29, 0.717) is 6.61 Å². The molecule has 0 spiro atoms. The summed E-state index contributed by atoms with van der Waals surface area (Å²) in [6.07, 6.45) is 10.2. The van der Waals surface area contributed by atoms with Crippen LogP contribution in [0.4, 0.5) is 0 Å². The first-order chi connectivity index (χ1) is 8.86. The zero-order valence-corrected chi connectivity index (χ0v) is 11.7. The summed E-state index contributed by atoms with van der Waals surface area (Å²) < 4.78 is 7.16. The number of nitrogens with zero attached hydrogens (tertiary/aromatic N) is 1. The van der Waals surface area contributed by atoms with Gasteiger partial charge in [-0.05, 0) is 25.8 Å². The van der Waals surface area contributed by atoms with E-state index < -0.39 is 0 Å². The lowest BCUT2D eigenvalue weighted by atomic mass is 10.2. The van der Waals surface area contributed by atoms with Crippen LogP contribution in [-0.4, -0.2) is 13.2 Å². The maximum absolute atomic E-state index is 5.67. The molecule has 3 nitrogen and oxygen atoms in total. The molecule has 1 aromatic heterocycles. The van der Waals surface area contributed by atoms with Crippen LogP contribution < -0.4 is 9.57 Å². The molecule has 3 heteroatoms. The van der Waals surface area contributed by atoms with Gasteiger partial charge >= 0.3 is 0 Å². The van der Waals surface area contributed by atoms with Crippen molar-refractivity contribution >= 4 is 0 Å². The van der Waals surface area contributed by atoms with Gasteiger partial charge in [0.15, 0.2) is 6.61 Å². The molecule has 1 heterocycles.